The molecule has 8 nitrogen and oxygen atoms in total. The summed E-state index contributed by atoms with van der Waals surface area (Å²) in [6, 6.07) is 21.7. The highest BCUT2D eigenvalue weighted by molar-refractivity contribution is 6.24. The van der Waals surface area contributed by atoms with Crippen molar-refractivity contribution in [1.82, 2.24) is 4.90 Å². The smallest absolute Gasteiger partial charge is 0.241 e. The van der Waals surface area contributed by atoms with Crippen LogP contribution in [-0.2, 0) is 32.3 Å². The van der Waals surface area contributed by atoms with Crippen LogP contribution in [0.1, 0.15) is 42.8 Å². The summed E-state index contributed by atoms with van der Waals surface area (Å²) in [7, 11) is 0. The summed E-state index contributed by atoms with van der Waals surface area (Å²) in [6.45, 7) is 1.72. The molecule has 8 heteroatoms. The molecule has 3 fully saturated rings. The number of nitrogens with zero attached hydrogens (tertiary/aromatic N) is 2. The molecule has 3 aromatic rings. The van der Waals surface area contributed by atoms with Gasteiger partial charge in [-0.2, -0.15) is 0 Å². The maximum atomic E-state index is 14.3. The number of imide groups is 2. The van der Waals surface area contributed by atoms with Crippen LogP contribution >= 0.6 is 0 Å². The molecule has 1 aromatic heterocycles. The summed E-state index contributed by atoms with van der Waals surface area (Å²) >= 11 is 0. The minimum atomic E-state index is -1.16. The van der Waals surface area contributed by atoms with Gasteiger partial charge in [0.25, 0.3) is 0 Å². The van der Waals surface area contributed by atoms with Crippen molar-refractivity contribution >= 4 is 29.3 Å². The maximum absolute atomic E-state index is 14.3. The minimum absolute atomic E-state index is 0.190. The van der Waals surface area contributed by atoms with E-state index in [4.69, 9.17) is 4.42 Å². The summed E-state index contributed by atoms with van der Waals surface area (Å²) in [4.78, 5) is 58.5. The number of carbonyl (C=O) groups is 4. The van der Waals surface area contributed by atoms with Crippen LogP contribution in [0.4, 0.5) is 5.69 Å². The Morgan fingerprint density at radius 2 is 1.59 bits per heavy atom. The Labute approximate surface area is 237 Å². The second-order valence-corrected chi connectivity index (χ2v) is 11.7. The number of benzene rings is 2. The number of hydrogen-bond acceptors (Lipinski definition) is 6. The molecule has 208 valence electrons. The van der Waals surface area contributed by atoms with E-state index in [1.54, 1.807) is 36.4 Å². The van der Waals surface area contributed by atoms with Crippen LogP contribution < -0.4 is 4.90 Å². The fourth-order valence-corrected chi connectivity index (χ4v) is 7.76. The number of likely N-dealkylation sites (tertiary alicyclic amines) is 1. The molecule has 7 rings (SSSR count). The molecule has 2 saturated heterocycles. The highest BCUT2D eigenvalue weighted by Crippen LogP contribution is 2.63. The van der Waals surface area contributed by atoms with Crippen LogP contribution in [-0.4, -0.2) is 33.6 Å². The first-order valence-corrected chi connectivity index (χ1v) is 14.1. The summed E-state index contributed by atoms with van der Waals surface area (Å²) in [5.74, 6) is -3.06. The van der Waals surface area contributed by atoms with Crippen LogP contribution in [0.3, 0.4) is 0 Å². The second-order valence-electron chi connectivity index (χ2n) is 11.7. The molecule has 3 heterocycles. The van der Waals surface area contributed by atoms with E-state index < -0.39 is 35.0 Å². The molecular weight excluding hydrogens is 520 g/mol. The molecule has 0 bridgehead atoms. The second kappa shape index (κ2) is 9.38. The predicted molar refractivity (Wildman–Crippen MR) is 148 cm³/mol. The van der Waals surface area contributed by atoms with Crippen LogP contribution in [0.15, 0.2) is 88.9 Å². The lowest BCUT2D eigenvalue weighted by molar-refractivity contribution is -0.141. The number of fused-ring (bicyclic) bond motifs is 4. The van der Waals surface area contributed by atoms with E-state index in [-0.39, 0.29) is 36.8 Å². The number of rotatable bonds is 5. The Kier molecular flexibility index (Phi) is 5.87. The molecule has 2 aliphatic heterocycles. The molecular formula is C33H30N2O6. The zero-order valence-electron chi connectivity index (χ0n) is 22.6. The van der Waals surface area contributed by atoms with Crippen molar-refractivity contribution in [2.45, 2.75) is 38.8 Å². The number of carbonyl (C=O) groups excluding carboxylic acids is 4. The molecule has 0 spiro atoms. The van der Waals surface area contributed by atoms with Gasteiger partial charge in [0, 0.05) is 0 Å². The van der Waals surface area contributed by atoms with Gasteiger partial charge >= 0.3 is 0 Å². The van der Waals surface area contributed by atoms with Crippen LogP contribution in [0.25, 0.3) is 0 Å². The van der Waals surface area contributed by atoms with Crippen molar-refractivity contribution in [3.8, 4) is 0 Å². The number of anilines is 1. The van der Waals surface area contributed by atoms with Crippen LogP contribution in [0.5, 0.6) is 0 Å². The third-order valence-electron chi connectivity index (χ3n) is 9.69. The molecule has 4 amide bonds. The predicted octanol–water partition coefficient (Wildman–Crippen LogP) is 4.20. The van der Waals surface area contributed by atoms with E-state index in [1.165, 1.54) is 9.80 Å². The SMILES string of the molecule is C[C@@]12C(=O)N(c3ccccc3)C(=O)[C@@H]1C[C@@H]1C(=CC[C@@H]3C(=O)N(Cc4ccccc4)C(=O)[C@@H]31)[C@@H]2c1ccc(CO)o1. The Balaban J connectivity index is 1.32. The van der Waals surface area contributed by atoms with Gasteiger partial charge in [-0.3, -0.25) is 24.1 Å². The Morgan fingerprint density at radius 3 is 2.27 bits per heavy atom. The minimum Gasteiger partial charge on any atom is -0.463 e. The van der Waals surface area contributed by atoms with Crippen molar-refractivity contribution in [2.24, 2.45) is 29.1 Å². The van der Waals surface area contributed by atoms with E-state index in [1.807, 2.05) is 49.4 Å². The van der Waals surface area contributed by atoms with Crippen molar-refractivity contribution in [1.29, 1.82) is 0 Å². The van der Waals surface area contributed by atoms with Gasteiger partial charge in [0.1, 0.15) is 18.1 Å². The topological polar surface area (TPSA) is 108 Å². The number of furan rings is 1. The van der Waals surface area contributed by atoms with Crippen molar-refractivity contribution < 1.29 is 28.7 Å². The zero-order valence-corrected chi connectivity index (χ0v) is 22.6. The largest absolute Gasteiger partial charge is 0.463 e. The van der Waals surface area contributed by atoms with Gasteiger partial charge in [-0.1, -0.05) is 60.2 Å². The van der Waals surface area contributed by atoms with Gasteiger partial charge in [-0.15, -0.1) is 0 Å². The van der Waals surface area contributed by atoms with E-state index in [0.29, 0.717) is 30.0 Å². The molecule has 0 radical (unpaired) electrons. The summed E-state index contributed by atoms with van der Waals surface area (Å²) < 4.78 is 6.04. The molecule has 4 aliphatic rings. The number of para-hydroxylation sites is 1. The summed E-state index contributed by atoms with van der Waals surface area (Å²) in [5, 5.41) is 9.73. The number of aliphatic hydroxyl groups excluding tert-OH is 1. The van der Waals surface area contributed by atoms with Crippen molar-refractivity contribution in [3.05, 3.63) is 102 Å². The highest BCUT2D eigenvalue weighted by Gasteiger charge is 2.68. The Morgan fingerprint density at radius 1 is 0.878 bits per heavy atom. The number of aliphatic hydroxyl groups is 1. The van der Waals surface area contributed by atoms with E-state index >= 15 is 0 Å². The van der Waals surface area contributed by atoms with Gasteiger partial charge < -0.3 is 9.52 Å². The zero-order chi connectivity index (χ0) is 28.5. The fourth-order valence-electron chi connectivity index (χ4n) is 7.76. The Hall–Kier alpha value is -4.30. The number of allylic oxidation sites excluding steroid dienone is 2. The maximum Gasteiger partial charge on any atom is 0.241 e. The van der Waals surface area contributed by atoms with E-state index in [9.17, 15) is 24.3 Å². The summed E-state index contributed by atoms with van der Waals surface area (Å²) in [6.07, 6.45) is 2.67. The highest BCUT2D eigenvalue weighted by atomic mass is 16.4. The molecule has 2 aromatic carbocycles. The molecule has 0 unspecified atom stereocenters. The van der Waals surface area contributed by atoms with E-state index in [2.05, 4.69) is 0 Å². The van der Waals surface area contributed by atoms with Crippen LogP contribution in [0.2, 0.25) is 0 Å². The molecule has 6 atom stereocenters. The van der Waals surface area contributed by atoms with Gasteiger partial charge in [-0.25, -0.2) is 4.90 Å². The fraction of sp³-hybridized carbons (Fsp3) is 0.333. The van der Waals surface area contributed by atoms with Crippen molar-refractivity contribution in [3.63, 3.8) is 0 Å². The first kappa shape index (κ1) is 25.7. The average Bonchev–Trinajstić information content (AvgIpc) is 3.61. The third kappa shape index (κ3) is 3.63. The normalized spacial score (nSPS) is 30.8. The summed E-state index contributed by atoms with van der Waals surface area (Å²) in [5.41, 5.74) is 1.07. The van der Waals surface area contributed by atoms with Gasteiger partial charge in [0.15, 0.2) is 0 Å². The quantitative estimate of drug-likeness (QED) is 0.377. The number of hydrogen-bond donors (Lipinski definition) is 1. The van der Waals surface area contributed by atoms with Crippen LogP contribution in [0, 0.1) is 29.1 Å². The monoisotopic (exact) mass is 550 g/mol. The van der Waals surface area contributed by atoms with Gasteiger partial charge in [0.2, 0.25) is 23.6 Å². The molecule has 1 saturated carbocycles. The third-order valence-corrected chi connectivity index (χ3v) is 9.69. The van der Waals surface area contributed by atoms with Gasteiger partial charge in [-0.05, 0) is 55.5 Å². The molecule has 2 aliphatic carbocycles. The lowest BCUT2D eigenvalue weighted by Crippen LogP contribution is -2.48. The van der Waals surface area contributed by atoms with Gasteiger partial charge in [0.05, 0.1) is 41.3 Å². The number of amides is 4. The van der Waals surface area contributed by atoms with Crippen molar-refractivity contribution in [2.75, 3.05) is 4.90 Å². The van der Waals surface area contributed by atoms with E-state index in [0.717, 1.165) is 11.1 Å². The standard InChI is InChI=1S/C33H30N2O6/c1-33-25(30(38)35(32(33)40)20-10-6-3-7-11-20)16-24-22(28(33)26-15-12-21(18-36)41-26)13-14-23-27(24)31(39)34(29(23)37)17-19-8-4-2-5-9-19/h2-13,15,23-25,27-28,36H,14,16-18H2,1H3/t23-,24+,25-,27-,28+,33+/m0/s1. The first-order valence-electron chi connectivity index (χ1n) is 14.1. The lowest BCUT2D eigenvalue weighted by atomic mass is 9.52. The average molecular weight is 551 g/mol. The first-order chi connectivity index (χ1) is 19.8. The molecule has 41 heavy (non-hydrogen) atoms. The lowest BCUT2D eigenvalue weighted by Gasteiger charge is -2.48. The molecule has 1 N–H and O–H groups in total. The Bertz CT molecular complexity index is 1590.